The summed E-state index contributed by atoms with van der Waals surface area (Å²) < 4.78 is 25.9. The third kappa shape index (κ3) is 2.82. The van der Waals surface area contributed by atoms with E-state index in [0.717, 1.165) is 0 Å². The third-order valence-electron chi connectivity index (χ3n) is 3.05. The van der Waals surface area contributed by atoms with E-state index in [-0.39, 0.29) is 5.56 Å². The highest BCUT2D eigenvalue weighted by Gasteiger charge is 2.21. The summed E-state index contributed by atoms with van der Waals surface area (Å²) in [7, 11) is 0. The zero-order valence-electron chi connectivity index (χ0n) is 10.7. The fourth-order valence-electron chi connectivity index (χ4n) is 2.05. The molecule has 2 aromatic rings. The molecule has 3 rings (SSSR count). The second-order valence-electron chi connectivity index (χ2n) is 4.43. The monoisotopic (exact) mass is 414 g/mol. The Labute approximate surface area is 137 Å². The van der Waals surface area contributed by atoms with Crippen LogP contribution in [0.15, 0.2) is 39.3 Å². The molecular formula is C15H9Br2FO3. The van der Waals surface area contributed by atoms with Crippen molar-refractivity contribution in [3.8, 4) is 11.5 Å². The van der Waals surface area contributed by atoms with Gasteiger partial charge in [-0.15, -0.1) is 0 Å². The van der Waals surface area contributed by atoms with Crippen LogP contribution in [0.4, 0.5) is 4.39 Å². The van der Waals surface area contributed by atoms with Crippen molar-refractivity contribution in [2.75, 3.05) is 13.2 Å². The summed E-state index contributed by atoms with van der Waals surface area (Å²) in [6.45, 7) is 0.889. The Morgan fingerprint density at radius 1 is 1.00 bits per heavy atom. The molecule has 21 heavy (non-hydrogen) atoms. The largest absolute Gasteiger partial charge is 0.486 e. The van der Waals surface area contributed by atoms with Gasteiger partial charge in [0, 0.05) is 14.5 Å². The molecule has 3 nitrogen and oxygen atoms in total. The van der Waals surface area contributed by atoms with Gasteiger partial charge in [-0.05, 0) is 46.3 Å². The van der Waals surface area contributed by atoms with Crippen molar-refractivity contribution in [1.82, 2.24) is 0 Å². The lowest BCUT2D eigenvalue weighted by atomic mass is 10.0. The van der Waals surface area contributed by atoms with Gasteiger partial charge in [-0.2, -0.15) is 0 Å². The van der Waals surface area contributed by atoms with Crippen LogP contribution >= 0.6 is 31.9 Å². The first kappa shape index (κ1) is 14.5. The van der Waals surface area contributed by atoms with Crippen molar-refractivity contribution in [2.24, 2.45) is 0 Å². The maximum atomic E-state index is 13.9. The molecule has 0 aromatic heterocycles. The van der Waals surface area contributed by atoms with E-state index in [2.05, 4.69) is 31.9 Å². The number of halogens is 3. The maximum Gasteiger partial charge on any atom is 0.197 e. The minimum absolute atomic E-state index is 0.00162. The van der Waals surface area contributed by atoms with E-state index in [0.29, 0.717) is 39.2 Å². The number of carbonyl (C=O) groups is 1. The first-order valence-corrected chi connectivity index (χ1v) is 7.74. The Morgan fingerprint density at radius 2 is 1.67 bits per heavy atom. The Kier molecular flexibility index (Phi) is 3.99. The Balaban J connectivity index is 2.07. The molecule has 1 aliphatic rings. The minimum atomic E-state index is -0.565. The van der Waals surface area contributed by atoms with E-state index >= 15 is 0 Å². The van der Waals surface area contributed by atoms with Gasteiger partial charge in [-0.3, -0.25) is 4.79 Å². The number of benzene rings is 2. The summed E-state index contributed by atoms with van der Waals surface area (Å²) in [4.78, 5) is 12.5. The lowest BCUT2D eigenvalue weighted by molar-refractivity contribution is 0.103. The minimum Gasteiger partial charge on any atom is -0.486 e. The molecular weight excluding hydrogens is 407 g/mol. The predicted molar refractivity (Wildman–Crippen MR) is 82.7 cm³/mol. The van der Waals surface area contributed by atoms with Crippen LogP contribution in [0.5, 0.6) is 11.5 Å². The van der Waals surface area contributed by atoms with E-state index < -0.39 is 11.6 Å². The summed E-state index contributed by atoms with van der Waals surface area (Å²) in [6.07, 6.45) is 0. The van der Waals surface area contributed by atoms with Crippen molar-refractivity contribution in [1.29, 1.82) is 0 Å². The smallest absolute Gasteiger partial charge is 0.197 e. The van der Waals surface area contributed by atoms with Crippen LogP contribution in [-0.2, 0) is 0 Å². The van der Waals surface area contributed by atoms with Gasteiger partial charge in [-0.1, -0.05) is 15.9 Å². The van der Waals surface area contributed by atoms with Crippen molar-refractivity contribution in [3.63, 3.8) is 0 Å². The Hall–Kier alpha value is -1.40. The van der Waals surface area contributed by atoms with Crippen LogP contribution in [0.25, 0.3) is 0 Å². The molecule has 0 aliphatic carbocycles. The van der Waals surface area contributed by atoms with Crippen molar-refractivity contribution < 1.29 is 18.7 Å². The van der Waals surface area contributed by atoms with Gasteiger partial charge in [0.1, 0.15) is 19.0 Å². The molecule has 0 amide bonds. The van der Waals surface area contributed by atoms with Gasteiger partial charge in [0.25, 0.3) is 0 Å². The molecule has 2 aromatic carbocycles. The number of ether oxygens (including phenoxy) is 2. The van der Waals surface area contributed by atoms with E-state index in [9.17, 15) is 9.18 Å². The number of hydrogen-bond donors (Lipinski definition) is 0. The van der Waals surface area contributed by atoms with E-state index in [4.69, 9.17) is 9.47 Å². The van der Waals surface area contributed by atoms with Gasteiger partial charge in [-0.25, -0.2) is 4.39 Å². The van der Waals surface area contributed by atoms with Gasteiger partial charge in [0.15, 0.2) is 17.3 Å². The molecule has 0 atom stereocenters. The lowest BCUT2D eigenvalue weighted by Crippen LogP contribution is -2.16. The zero-order chi connectivity index (χ0) is 15.0. The van der Waals surface area contributed by atoms with Gasteiger partial charge >= 0.3 is 0 Å². The fourth-order valence-corrected chi connectivity index (χ4v) is 2.92. The normalized spacial score (nSPS) is 13.1. The molecule has 1 aliphatic heterocycles. The average molecular weight is 416 g/mol. The number of ketones is 1. The molecule has 0 radical (unpaired) electrons. The maximum absolute atomic E-state index is 13.9. The molecule has 0 saturated heterocycles. The first-order valence-electron chi connectivity index (χ1n) is 6.15. The lowest BCUT2D eigenvalue weighted by Gasteiger charge is -2.19. The Bertz CT molecular complexity index is 731. The summed E-state index contributed by atoms with van der Waals surface area (Å²) in [5.41, 5.74) is 0.331. The summed E-state index contributed by atoms with van der Waals surface area (Å²) in [5.74, 6) is 0.0743. The van der Waals surface area contributed by atoms with Gasteiger partial charge < -0.3 is 9.47 Å². The van der Waals surface area contributed by atoms with Crippen LogP contribution in [0.2, 0.25) is 0 Å². The molecule has 0 fully saturated rings. The molecule has 0 spiro atoms. The van der Waals surface area contributed by atoms with E-state index in [1.165, 1.54) is 12.1 Å². The van der Waals surface area contributed by atoms with Crippen LogP contribution < -0.4 is 9.47 Å². The first-order chi connectivity index (χ1) is 10.1. The van der Waals surface area contributed by atoms with Crippen LogP contribution in [0.1, 0.15) is 15.9 Å². The summed E-state index contributed by atoms with van der Waals surface area (Å²) >= 11 is 6.57. The number of fused-ring (bicyclic) bond motifs is 1. The van der Waals surface area contributed by atoms with Crippen molar-refractivity contribution in [3.05, 3.63) is 56.2 Å². The van der Waals surface area contributed by atoms with Crippen LogP contribution in [0, 0.1) is 5.82 Å². The number of rotatable bonds is 2. The quantitative estimate of drug-likeness (QED) is 0.684. The highest BCUT2D eigenvalue weighted by molar-refractivity contribution is 9.10. The molecule has 108 valence electrons. The second-order valence-corrected chi connectivity index (χ2v) is 6.20. The topological polar surface area (TPSA) is 35.5 Å². The van der Waals surface area contributed by atoms with Crippen LogP contribution in [-0.4, -0.2) is 19.0 Å². The molecule has 0 saturated carbocycles. The van der Waals surface area contributed by atoms with Crippen LogP contribution in [0.3, 0.4) is 0 Å². The fraction of sp³-hybridized carbons (Fsp3) is 0.133. The highest BCUT2D eigenvalue weighted by Crippen LogP contribution is 2.36. The molecule has 0 N–H and O–H groups in total. The SMILES string of the molecule is O=C(c1cc(Br)ccc1F)c1cc2c(cc1Br)OCCO2. The average Bonchev–Trinajstić information content (AvgIpc) is 2.48. The zero-order valence-corrected chi connectivity index (χ0v) is 13.8. The molecule has 0 bridgehead atoms. The summed E-state index contributed by atoms with van der Waals surface area (Å²) in [6, 6.07) is 7.49. The Morgan fingerprint density at radius 3 is 2.38 bits per heavy atom. The van der Waals surface area contributed by atoms with Gasteiger partial charge in [0.05, 0.1) is 5.56 Å². The molecule has 0 unspecified atom stereocenters. The highest BCUT2D eigenvalue weighted by atomic mass is 79.9. The van der Waals surface area contributed by atoms with Crippen molar-refractivity contribution >= 4 is 37.6 Å². The van der Waals surface area contributed by atoms with E-state index in [1.54, 1.807) is 18.2 Å². The molecule has 6 heteroatoms. The van der Waals surface area contributed by atoms with E-state index in [1.807, 2.05) is 0 Å². The number of carbonyl (C=O) groups excluding carboxylic acids is 1. The summed E-state index contributed by atoms with van der Waals surface area (Å²) in [5, 5.41) is 0. The number of hydrogen-bond acceptors (Lipinski definition) is 3. The third-order valence-corrected chi connectivity index (χ3v) is 4.20. The standard InChI is InChI=1S/C15H9Br2FO3/c16-8-1-2-12(18)10(5-8)15(19)9-6-13-14(7-11(9)17)21-4-3-20-13/h1-2,5-7H,3-4H2. The predicted octanol–water partition coefficient (Wildman–Crippen LogP) is 4.35. The van der Waals surface area contributed by atoms with Crippen molar-refractivity contribution in [2.45, 2.75) is 0 Å². The van der Waals surface area contributed by atoms with Gasteiger partial charge in [0.2, 0.25) is 0 Å². The molecule has 1 heterocycles. The second kappa shape index (κ2) is 5.77.